The van der Waals surface area contributed by atoms with E-state index in [1.807, 2.05) is 29.2 Å². The van der Waals surface area contributed by atoms with Crippen molar-refractivity contribution in [2.24, 2.45) is 0 Å². The van der Waals surface area contributed by atoms with Crippen LogP contribution in [0.5, 0.6) is 0 Å². The molecule has 1 aromatic heterocycles. The molecule has 2 heterocycles. The first-order chi connectivity index (χ1) is 12.5. The Bertz CT molecular complexity index is 867. The van der Waals surface area contributed by atoms with Gasteiger partial charge in [-0.2, -0.15) is 5.26 Å². The van der Waals surface area contributed by atoms with Crippen LogP contribution in [-0.4, -0.2) is 16.9 Å². The minimum Gasteiger partial charge on any atom is -0.363 e. The number of nitrogens with one attached hydrogen (secondary N) is 1. The van der Waals surface area contributed by atoms with E-state index in [4.69, 9.17) is 5.26 Å². The van der Waals surface area contributed by atoms with E-state index >= 15 is 0 Å². The molecular weight excluding hydrogens is 324 g/mol. The van der Waals surface area contributed by atoms with Gasteiger partial charge in [0.25, 0.3) is 0 Å². The van der Waals surface area contributed by atoms with Crippen LogP contribution in [-0.2, 0) is 11.2 Å². The standard InChI is InChI=1S/C21H22N4O/c1-4-5-16-6-8-20-18(11-16)19(10-14(2)25(20)15(3)26)24-21-9-7-17(12-22)13-23-21/h4,6-9,11,13-14,19H,1,5,10H2,2-3H3,(H,23,24). The Morgan fingerprint density at radius 1 is 1.46 bits per heavy atom. The Morgan fingerprint density at radius 3 is 2.88 bits per heavy atom. The van der Waals surface area contributed by atoms with Gasteiger partial charge in [-0.3, -0.25) is 4.79 Å². The highest BCUT2D eigenvalue weighted by atomic mass is 16.2. The van der Waals surface area contributed by atoms with Crippen LogP contribution in [0, 0.1) is 11.3 Å². The minimum absolute atomic E-state index is 0.0424. The van der Waals surface area contributed by atoms with Crippen molar-refractivity contribution in [3.8, 4) is 6.07 Å². The third-order valence-electron chi connectivity index (χ3n) is 4.68. The molecule has 0 fully saturated rings. The second-order valence-electron chi connectivity index (χ2n) is 6.60. The van der Waals surface area contributed by atoms with Gasteiger partial charge in [-0.25, -0.2) is 4.98 Å². The predicted molar refractivity (Wildman–Crippen MR) is 103 cm³/mol. The number of nitrogens with zero attached hydrogens (tertiary/aromatic N) is 3. The van der Waals surface area contributed by atoms with Crippen molar-refractivity contribution in [3.63, 3.8) is 0 Å². The highest BCUT2D eigenvalue weighted by Gasteiger charge is 2.32. The summed E-state index contributed by atoms with van der Waals surface area (Å²) in [6.07, 6.45) is 5.00. The zero-order valence-corrected chi connectivity index (χ0v) is 15.1. The lowest BCUT2D eigenvalue weighted by molar-refractivity contribution is -0.117. The predicted octanol–water partition coefficient (Wildman–Crippen LogP) is 3.98. The van der Waals surface area contributed by atoms with Crippen LogP contribution in [0.1, 0.15) is 43.0 Å². The summed E-state index contributed by atoms with van der Waals surface area (Å²) < 4.78 is 0. The molecule has 1 amide bonds. The Hall–Kier alpha value is -3.13. The number of amides is 1. The fourth-order valence-electron chi connectivity index (χ4n) is 3.55. The molecule has 0 aliphatic carbocycles. The van der Waals surface area contributed by atoms with Crippen molar-refractivity contribution in [2.45, 2.75) is 38.8 Å². The normalized spacial score (nSPS) is 18.6. The van der Waals surface area contributed by atoms with E-state index in [9.17, 15) is 4.79 Å². The van der Waals surface area contributed by atoms with Crippen LogP contribution in [0.25, 0.3) is 0 Å². The Balaban J connectivity index is 1.98. The highest BCUT2D eigenvalue weighted by molar-refractivity contribution is 5.93. The van der Waals surface area contributed by atoms with Crippen LogP contribution in [0.2, 0.25) is 0 Å². The molecule has 0 bridgehead atoms. The Labute approximate surface area is 154 Å². The number of benzene rings is 1. The van der Waals surface area contributed by atoms with Crippen LogP contribution in [0.4, 0.5) is 11.5 Å². The molecule has 2 atom stereocenters. The summed E-state index contributed by atoms with van der Waals surface area (Å²) in [7, 11) is 0. The summed E-state index contributed by atoms with van der Waals surface area (Å²) in [6.45, 7) is 7.47. The lowest BCUT2D eigenvalue weighted by atomic mass is 9.89. The first kappa shape index (κ1) is 17.7. The lowest BCUT2D eigenvalue weighted by Gasteiger charge is -2.39. The number of hydrogen-bond acceptors (Lipinski definition) is 4. The first-order valence-corrected chi connectivity index (χ1v) is 8.69. The smallest absolute Gasteiger partial charge is 0.224 e. The highest BCUT2D eigenvalue weighted by Crippen LogP contribution is 2.39. The van der Waals surface area contributed by atoms with E-state index in [-0.39, 0.29) is 18.0 Å². The molecule has 5 nitrogen and oxygen atoms in total. The molecule has 132 valence electrons. The molecule has 1 aliphatic rings. The van der Waals surface area contributed by atoms with Gasteiger partial charge in [0, 0.05) is 24.8 Å². The van der Waals surface area contributed by atoms with Crippen LogP contribution in [0.15, 0.2) is 49.2 Å². The SMILES string of the molecule is C=CCc1ccc2c(c1)C(Nc1ccc(C#N)cn1)CC(C)N2C(C)=O. The molecule has 2 aromatic rings. The van der Waals surface area contributed by atoms with Gasteiger partial charge in [-0.1, -0.05) is 18.2 Å². The molecule has 3 rings (SSSR count). The monoisotopic (exact) mass is 346 g/mol. The molecule has 1 aliphatic heterocycles. The van der Waals surface area contributed by atoms with Gasteiger partial charge in [-0.15, -0.1) is 6.58 Å². The molecule has 26 heavy (non-hydrogen) atoms. The third-order valence-corrected chi connectivity index (χ3v) is 4.68. The van der Waals surface area contributed by atoms with Crippen molar-refractivity contribution in [2.75, 3.05) is 10.2 Å². The summed E-state index contributed by atoms with van der Waals surface area (Å²) in [4.78, 5) is 18.3. The summed E-state index contributed by atoms with van der Waals surface area (Å²) in [5.41, 5.74) is 3.72. The number of rotatable bonds is 4. The number of anilines is 2. The first-order valence-electron chi connectivity index (χ1n) is 8.69. The van der Waals surface area contributed by atoms with Gasteiger partial charge >= 0.3 is 0 Å². The van der Waals surface area contributed by atoms with Crippen LogP contribution >= 0.6 is 0 Å². The largest absolute Gasteiger partial charge is 0.363 e. The topological polar surface area (TPSA) is 69.0 Å². The van der Waals surface area contributed by atoms with Gasteiger partial charge in [0.2, 0.25) is 5.91 Å². The minimum atomic E-state index is 0.0424. The second-order valence-corrected chi connectivity index (χ2v) is 6.60. The molecule has 0 spiro atoms. The van der Waals surface area contributed by atoms with Crippen molar-refractivity contribution in [3.05, 3.63) is 65.9 Å². The van der Waals surface area contributed by atoms with Gasteiger partial charge < -0.3 is 10.2 Å². The third kappa shape index (κ3) is 3.45. The van der Waals surface area contributed by atoms with Gasteiger partial charge in [0.05, 0.1) is 11.6 Å². The van der Waals surface area contributed by atoms with Crippen molar-refractivity contribution in [1.82, 2.24) is 4.98 Å². The number of aromatic nitrogens is 1. The van der Waals surface area contributed by atoms with Crippen molar-refractivity contribution >= 4 is 17.4 Å². The quantitative estimate of drug-likeness (QED) is 0.850. The average Bonchev–Trinajstić information content (AvgIpc) is 2.62. The van der Waals surface area contributed by atoms with E-state index < -0.39 is 0 Å². The molecule has 0 saturated carbocycles. The van der Waals surface area contributed by atoms with Crippen LogP contribution < -0.4 is 10.2 Å². The fourth-order valence-corrected chi connectivity index (χ4v) is 3.55. The van der Waals surface area contributed by atoms with Gasteiger partial charge in [0.1, 0.15) is 11.9 Å². The number of nitriles is 1. The zero-order valence-electron chi connectivity index (χ0n) is 15.1. The molecular formula is C21H22N4O. The summed E-state index contributed by atoms with van der Waals surface area (Å²) in [5.74, 6) is 0.766. The number of carbonyl (C=O) groups is 1. The van der Waals surface area contributed by atoms with E-state index in [1.165, 1.54) is 0 Å². The lowest BCUT2D eigenvalue weighted by Crippen LogP contribution is -2.43. The molecule has 0 radical (unpaired) electrons. The van der Waals surface area contributed by atoms with E-state index in [0.29, 0.717) is 5.56 Å². The fraction of sp³-hybridized carbons (Fsp3) is 0.286. The van der Waals surface area contributed by atoms with Crippen molar-refractivity contribution < 1.29 is 4.79 Å². The van der Waals surface area contributed by atoms with Crippen LogP contribution in [0.3, 0.4) is 0 Å². The van der Waals surface area contributed by atoms with Gasteiger partial charge in [-0.05, 0) is 49.1 Å². The number of allylic oxidation sites excluding steroid dienone is 1. The maximum atomic E-state index is 12.2. The van der Waals surface area contributed by atoms with E-state index in [1.54, 1.807) is 19.2 Å². The second kappa shape index (κ2) is 7.40. The van der Waals surface area contributed by atoms with E-state index in [2.05, 4.69) is 35.9 Å². The van der Waals surface area contributed by atoms with E-state index in [0.717, 1.165) is 35.5 Å². The maximum absolute atomic E-state index is 12.2. The maximum Gasteiger partial charge on any atom is 0.224 e. The average molecular weight is 346 g/mol. The molecule has 1 aromatic carbocycles. The molecule has 2 unspecified atom stereocenters. The number of pyridine rings is 1. The Kier molecular flexibility index (Phi) is 5.04. The summed E-state index contributed by atoms with van der Waals surface area (Å²) in [6, 6.07) is 12.0. The summed E-state index contributed by atoms with van der Waals surface area (Å²) >= 11 is 0. The molecule has 0 saturated heterocycles. The number of fused-ring (bicyclic) bond motifs is 1. The van der Waals surface area contributed by atoms with Crippen molar-refractivity contribution in [1.29, 1.82) is 5.26 Å². The Morgan fingerprint density at radius 2 is 2.27 bits per heavy atom. The number of carbonyl (C=O) groups excluding carboxylic acids is 1. The van der Waals surface area contributed by atoms with Gasteiger partial charge in [0.15, 0.2) is 0 Å². The summed E-state index contributed by atoms with van der Waals surface area (Å²) in [5, 5.41) is 12.4. The molecule has 5 heteroatoms. The zero-order chi connectivity index (χ0) is 18.7. The molecule has 1 N–H and O–H groups in total. The number of hydrogen-bond donors (Lipinski definition) is 1.